The molecule has 0 bridgehead atoms. The summed E-state index contributed by atoms with van der Waals surface area (Å²) in [5.74, 6) is 1.88. The SMILES string of the molecule is c1ccc(-c2nc(-c3ccc(-c4c(-c5ccccc5)ccc5oc6cc7ccccc7cc6c45)cc3)nc(-c3ccccc3-c3ccccc3)n2)cc1. The van der Waals surface area contributed by atoms with Crippen molar-refractivity contribution < 1.29 is 4.42 Å². The molecule has 0 aliphatic rings. The van der Waals surface area contributed by atoms with E-state index in [1.54, 1.807) is 0 Å². The van der Waals surface area contributed by atoms with Crippen molar-refractivity contribution >= 4 is 32.7 Å². The third kappa shape index (κ3) is 5.54. The van der Waals surface area contributed by atoms with Gasteiger partial charge in [-0.05, 0) is 56.8 Å². The summed E-state index contributed by atoms with van der Waals surface area (Å²) in [6, 6.07) is 65.1. The summed E-state index contributed by atoms with van der Waals surface area (Å²) >= 11 is 0. The van der Waals surface area contributed by atoms with Gasteiger partial charge in [-0.2, -0.15) is 0 Å². The van der Waals surface area contributed by atoms with Gasteiger partial charge in [-0.15, -0.1) is 0 Å². The van der Waals surface area contributed by atoms with Gasteiger partial charge in [0, 0.05) is 33.0 Å². The van der Waals surface area contributed by atoms with Crippen LogP contribution in [0.15, 0.2) is 192 Å². The summed E-state index contributed by atoms with van der Waals surface area (Å²) < 4.78 is 6.53. The van der Waals surface area contributed by atoms with Crippen molar-refractivity contribution in [1.82, 2.24) is 15.0 Å². The molecule has 2 aromatic heterocycles. The number of rotatable bonds is 6. The van der Waals surface area contributed by atoms with Crippen molar-refractivity contribution in [3.8, 4) is 67.5 Å². The first-order chi connectivity index (χ1) is 26.3. The minimum Gasteiger partial charge on any atom is -0.456 e. The first-order valence-electron chi connectivity index (χ1n) is 17.8. The smallest absolute Gasteiger partial charge is 0.164 e. The average molecular weight is 678 g/mol. The van der Waals surface area contributed by atoms with E-state index in [0.717, 1.165) is 77.4 Å². The molecule has 0 unspecified atom stereocenters. The average Bonchev–Trinajstić information content (AvgIpc) is 3.60. The third-order valence-electron chi connectivity index (χ3n) is 9.94. The van der Waals surface area contributed by atoms with Crippen LogP contribution in [-0.2, 0) is 0 Å². The van der Waals surface area contributed by atoms with E-state index in [9.17, 15) is 0 Å². The standard InChI is InChI=1S/C49H31N3O/c1-4-14-32(15-5-1)39-22-12-13-23-41(39)49-51-47(35-18-8-3-9-19-35)50-48(52-49)36-26-24-34(25-27-36)45-40(33-16-6-2-7-17-33)28-29-43-46(45)42-30-37-20-10-11-21-38(37)31-44(42)53-43/h1-31H. The Bertz CT molecular complexity index is 2920. The summed E-state index contributed by atoms with van der Waals surface area (Å²) in [5, 5.41) is 4.54. The Balaban J connectivity index is 1.16. The normalized spacial score (nSPS) is 11.4. The molecule has 0 radical (unpaired) electrons. The number of furan rings is 1. The maximum Gasteiger partial charge on any atom is 0.164 e. The number of hydrogen-bond acceptors (Lipinski definition) is 4. The van der Waals surface area contributed by atoms with Crippen LogP contribution in [0.25, 0.3) is 100 Å². The minimum atomic E-state index is 0.616. The predicted octanol–water partition coefficient (Wildman–Crippen LogP) is 12.9. The molecule has 0 N–H and O–H groups in total. The lowest BCUT2D eigenvalue weighted by molar-refractivity contribution is 0.669. The Morgan fingerprint density at radius 3 is 1.47 bits per heavy atom. The number of benzene rings is 8. The fourth-order valence-electron chi connectivity index (χ4n) is 7.39. The van der Waals surface area contributed by atoms with Crippen molar-refractivity contribution in [1.29, 1.82) is 0 Å². The summed E-state index contributed by atoms with van der Waals surface area (Å²) in [6.45, 7) is 0. The number of aromatic nitrogens is 3. The van der Waals surface area contributed by atoms with Gasteiger partial charge in [0.15, 0.2) is 17.5 Å². The lowest BCUT2D eigenvalue weighted by Crippen LogP contribution is -2.01. The van der Waals surface area contributed by atoms with Crippen LogP contribution in [0.5, 0.6) is 0 Å². The van der Waals surface area contributed by atoms with E-state index >= 15 is 0 Å². The molecule has 0 atom stereocenters. The van der Waals surface area contributed by atoms with E-state index in [1.807, 2.05) is 42.5 Å². The van der Waals surface area contributed by atoms with E-state index in [4.69, 9.17) is 19.4 Å². The van der Waals surface area contributed by atoms with Gasteiger partial charge in [0.25, 0.3) is 0 Å². The second-order valence-electron chi connectivity index (χ2n) is 13.2. The fraction of sp³-hybridized carbons (Fsp3) is 0. The van der Waals surface area contributed by atoms with Gasteiger partial charge in [0.1, 0.15) is 11.2 Å². The molecule has 0 saturated heterocycles. The van der Waals surface area contributed by atoms with Crippen LogP contribution in [0.2, 0.25) is 0 Å². The minimum absolute atomic E-state index is 0.616. The summed E-state index contributed by atoms with van der Waals surface area (Å²) in [5.41, 5.74) is 11.2. The molecule has 53 heavy (non-hydrogen) atoms. The molecule has 0 fully saturated rings. The second-order valence-corrected chi connectivity index (χ2v) is 13.2. The molecular weight excluding hydrogens is 647 g/mol. The van der Waals surface area contributed by atoms with Gasteiger partial charge in [-0.1, -0.05) is 170 Å². The fourth-order valence-corrected chi connectivity index (χ4v) is 7.39. The molecule has 10 aromatic rings. The molecule has 2 heterocycles. The van der Waals surface area contributed by atoms with Crippen molar-refractivity contribution in [3.05, 3.63) is 188 Å². The molecular formula is C49H31N3O. The van der Waals surface area contributed by atoms with Crippen LogP contribution in [0.1, 0.15) is 0 Å². The maximum atomic E-state index is 6.53. The Kier molecular flexibility index (Phi) is 7.43. The Hall–Kier alpha value is -7.17. The van der Waals surface area contributed by atoms with Crippen molar-refractivity contribution in [2.24, 2.45) is 0 Å². The predicted molar refractivity (Wildman–Crippen MR) is 217 cm³/mol. The van der Waals surface area contributed by atoms with Crippen LogP contribution >= 0.6 is 0 Å². The topological polar surface area (TPSA) is 51.8 Å². The zero-order valence-corrected chi connectivity index (χ0v) is 28.6. The highest BCUT2D eigenvalue weighted by molar-refractivity contribution is 6.18. The first kappa shape index (κ1) is 30.6. The molecule has 4 nitrogen and oxygen atoms in total. The van der Waals surface area contributed by atoms with Crippen molar-refractivity contribution in [2.45, 2.75) is 0 Å². The van der Waals surface area contributed by atoms with Gasteiger partial charge in [-0.3, -0.25) is 0 Å². The molecule has 0 aliphatic heterocycles. The molecule has 0 saturated carbocycles. The van der Waals surface area contributed by atoms with Crippen LogP contribution in [0, 0.1) is 0 Å². The quantitative estimate of drug-likeness (QED) is 0.176. The van der Waals surface area contributed by atoms with Crippen LogP contribution in [-0.4, -0.2) is 15.0 Å². The van der Waals surface area contributed by atoms with Crippen LogP contribution in [0.3, 0.4) is 0 Å². The third-order valence-corrected chi connectivity index (χ3v) is 9.94. The van der Waals surface area contributed by atoms with Gasteiger partial charge in [0.2, 0.25) is 0 Å². The van der Waals surface area contributed by atoms with Gasteiger partial charge >= 0.3 is 0 Å². The first-order valence-corrected chi connectivity index (χ1v) is 17.8. The number of fused-ring (bicyclic) bond motifs is 4. The lowest BCUT2D eigenvalue weighted by atomic mass is 9.90. The maximum absolute atomic E-state index is 6.53. The largest absolute Gasteiger partial charge is 0.456 e. The van der Waals surface area contributed by atoms with E-state index in [0.29, 0.717) is 17.5 Å². The van der Waals surface area contributed by atoms with Crippen molar-refractivity contribution in [3.63, 3.8) is 0 Å². The molecule has 248 valence electrons. The molecule has 4 heteroatoms. The zero-order valence-electron chi connectivity index (χ0n) is 28.6. The van der Waals surface area contributed by atoms with E-state index in [-0.39, 0.29) is 0 Å². The lowest BCUT2D eigenvalue weighted by Gasteiger charge is -2.14. The Morgan fingerprint density at radius 1 is 0.321 bits per heavy atom. The Labute approximate surface area is 306 Å². The van der Waals surface area contributed by atoms with Crippen LogP contribution in [0.4, 0.5) is 0 Å². The number of hydrogen-bond donors (Lipinski definition) is 0. The number of nitrogens with zero attached hydrogens (tertiary/aromatic N) is 3. The summed E-state index contributed by atoms with van der Waals surface area (Å²) in [7, 11) is 0. The van der Waals surface area contributed by atoms with Crippen LogP contribution < -0.4 is 0 Å². The zero-order chi connectivity index (χ0) is 35.1. The highest BCUT2D eigenvalue weighted by Gasteiger charge is 2.20. The van der Waals surface area contributed by atoms with Gasteiger partial charge in [-0.25, -0.2) is 15.0 Å². The summed E-state index contributed by atoms with van der Waals surface area (Å²) in [4.78, 5) is 15.2. The molecule has 8 aromatic carbocycles. The van der Waals surface area contributed by atoms with Crippen molar-refractivity contribution in [2.75, 3.05) is 0 Å². The van der Waals surface area contributed by atoms with E-state index in [1.165, 1.54) is 5.39 Å². The second kappa shape index (κ2) is 12.9. The van der Waals surface area contributed by atoms with Gasteiger partial charge < -0.3 is 4.42 Å². The monoisotopic (exact) mass is 677 g/mol. The molecule has 0 amide bonds. The van der Waals surface area contributed by atoms with Gasteiger partial charge in [0.05, 0.1) is 0 Å². The van der Waals surface area contributed by atoms with E-state index in [2.05, 4.69) is 146 Å². The molecule has 0 aliphatic carbocycles. The highest BCUT2D eigenvalue weighted by atomic mass is 16.3. The van der Waals surface area contributed by atoms with E-state index < -0.39 is 0 Å². The summed E-state index contributed by atoms with van der Waals surface area (Å²) in [6.07, 6.45) is 0. The molecule has 10 rings (SSSR count). The highest BCUT2D eigenvalue weighted by Crippen LogP contribution is 2.44. The molecule has 0 spiro atoms. The Morgan fingerprint density at radius 2 is 0.811 bits per heavy atom.